The number of nitrogens with zero attached hydrogens (tertiary/aromatic N) is 2. The van der Waals surface area contributed by atoms with Gasteiger partial charge in [0.05, 0.1) is 15.6 Å². The molecule has 29 heavy (non-hydrogen) atoms. The molecule has 1 aromatic carbocycles. The Hall–Kier alpha value is -1.03. The van der Waals surface area contributed by atoms with Crippen LogP contribution in [-0.2, 0) is 11.2 Å². The molecule has 0 aliphatic rings. The van der Waals surface area contributed by atoms with Crippen molar-refractivity contribution in [2.75, 3.05) is 40.3 Å². The molecule has 0 radical (unpaired) electrons. The first kappa shape index (κ1) is 26.0. The first-order valence-corrected chi connectivity index (χ1v) is 11.5. The summed E-state index contributed by atoms with van der Waals surface area (Å²) in [6.07, 6.45) is 5.22. The summed E-state index contributed by atoms with van der Waals surface area (Å²) >= 11 is 6.96. The molecule has 0 aromatic heterocycles. The molecule has 0 aliphatic heterocycles. The van der Waals surface area contributed by atoms with Crippen LogP contribution in [0.25, 0.3) is 0 Å². The van der Waals surface area contributed by atoms with E-state index in [1.54, 1.807) is 0 Å². The number of carbonyl (C=O) groups excluding carboxylic acids is 1. The Bertz CT molecular complexity index is 621. The highest BCUT2D eigenvalue weighted by Gasteiger charge is 2.20. The zero-order chi connectivity index (χ0) is 21.6. The fraction of sp³-hybridized carbons (Fsp3) is 0.650. The molecule has 0 spiro atoms. The van der Waals surface area contributed by atoms with Gasteiger partial charge in [0.25, 0.3) is 0 Å². The van der Waals surface area contributed by atoms with Crippen molar-refractivity contribution in [3.63, 3.8) is 0 Å². The summed E-state index contributed by atoms with van der Waals surface area (Å²) in [5.41, 5.74) is 6.30. The third-order valence-corrected chi connectivity index (χ3v) is 5.52. The molecule has 1 amide bonds. The summed E-state index contributed by atoms with van der Waals surface area (Å²) in [4.78, 5) is 25.7. The van der Waals surface area contributed by atoms with E-state index in [0.29, 0.717) is 25.4 Å². The van der Waals surface area contributed by atoms with Gasteiger partial charge in [-0.25, -0.2) is 0 Å². The standard InChI is InChI=1S/C20H32Br2N4O3/c1-26(2)10-6-4-3-5-9-24-20(27)18(25-28)14-15-12-16(21)19(17(22)13-15)29-11-7-8-23/h12-13,18H,3-11,14,23H2,1-2H3,(H,24,27). The zero-order valence-corrected chi connectivity index (χ0v) is 20.4. The number of hydrogen-bond donors (Lipinski definition) is 2. The number of amides is 1. The second kappa shape index (κ2) is 14.9. The van der Waals surface area contributed by atoms with Gasteiger partial charge in [-0.3, -0.25) is 4.79 Å². The molecule has 1 aromatic rings. The van der Waals surface area contributed by atoms with Crippen molar-refractivity contribution in [1.29, 1.82) is 0 Å². The minimum Gasteiger partial charge on any atom is -0.491 e. The number of nitrogens with one attached hydrogen (secondary N) is 1. The van der Waals surface area contributed by atoms with Gasteiger partial charge in [-0.05, 0) is 96.0 Å². The number of ether oxygens (including phenoxy) is 1. The summed E-state index contributed by atoms with van der Waals surface area (Å²) < 4.78 is 7.21. The third-order valence-electron chi connectivity index (χ3n) is 4.34. The summed E-state index contributed by atoms with van der Waals surface area (Å²) in [5, 5.41) is 5.86. The number of carbonyl (C=O) groups is 1. The van der Waals surface area contributed by atoms with Crippen LogP contribution in [-0.4, -0.2) is 57.2 Å². The van der Waals surface area contributed by atoms with E-state index < -0.39 is 6.04 Å². The molecule has 164 valence electrons. The predicted molar refractivity (Wildman–Crippen MR) is 124 cm³/mol. The number of rotatable bonds is 15. The molecule has 0 heterocycles. The number of benzene rings is 1. The second-order valence-electron chi connectivity index (χ2n) is 7.21. The molecule has 0 aliphatic carbocycles. The van der Waals surface area contributed by atoms with Gasteiger partial charge in [0.2, 0.25) is 5.91 Å². The highest BCUT2D eigenvalue weighted by Crippen LogP contribution is 2.35. The van der Waals surface area contributed by atoms with Crippen molar-refractivity contribution in [2.24, 2.45) is 10.9 Å². The quantitative estimate of drug-likeness (QED) is 0.262. The van der Waals surface area contributed by atoms with Gasteiger partial charge in [-0.2, -0.15) is 0 Å². The predicted octanol–water partition coefficient (Wildman–Crippen LogP) is 3.85. The number of hydrogen-bond acceptors (Lipinski definition) is 6. The lowest BCUT2D eigenvalue weighted by atomic mass is 10.1. The Morgan fingerprint density at radius 2 is 1.83 bits per heavy atom. The highest BCUT2D eigenvalue weighted by atomic mass is 79.9. The largest absolute Gasteiger partial charge is 0.491 e. The molecule has 0 bridgehead atoms. The van der Waals surface area contributed by atoms with Gasteiger partial charge in [0, 0.05) is 13.0 Å². The lowest BCUT2D eigenvalue weighted by Crippen LogP contribution is -2.35. The van der Waals surface area contributed by atoms with Gasteiger partial charge in [-0.1, -0.05) is 18.0 Å². The van der Waals surface area contributed by atoms with E-state index >= 15 is 0 Å². The Morgan fingerprint density at radius 3 is 2.41 bits per heavy atom. The van der Waals surface area contributed by atoms with E-state index in [0.717, 1.165) is 53.2 Å². The van der Waals surface area contributed by atoms with Crippen LogP contribution in [0.1, 0.15) is 37.7 Å². The lowest BCUT2D eigenvalue weighted by Gasteiger charge is -2.14. The Morgan fingerprint density at radius 1 is 1.17 bits per heavy atom. The van der Waals surface area contributed by atoms with Crippen LogP contribution in [0.15, 0.2) is 26.3 Å². The minimum absolute atomic E-state index is 0.235. The zero-order valence-electron chi connectivity index (χ0n) is 17.3. The molecule has 0 saturated heterocycles. The topological polar surface area (TPSA) is 97.0 Å². The van der Waals surface area contributed by atoms with Gasteiger partial charge in [-0.15, -0.1) is 4.91 Å². The molecule has 1 atom stereocenters. The fourth-order valence-electron chi connectivity index (χ4n) is 2.76. The molecule has 3 N–H and O–H groups in total. The average molecular weight is 536 g/mol. The molecular weight excluding hydrogens is 504 g/mol. The van der Waals surface area contributed by atoms with Gasteiger partial charge in [0.15, 0.2) is 6.04 Å². The Kier molecular flexibility index (Phi) is 13.3. The third kappa shape index (κ3) is 10.5. The maximum Gasteiger partial charge on any atom is 0.248 e. The monoisotopic (exact) mass is 534 g/mol. The molecular formula is C20H32Br2N4O3. The number of nitroso groups, excluding NO2 is 1. The van der Waals surface area contributed by atoms with E-state index in [-0.39, 0.29) is 12.3 Å². The Labute approximate surface area is 190 Å². The van der Waals surface area contributed by atoms with Crippen LogP contribution in [0.5, 0.6) is 5.75 Å². The van der Waals surface area contributed by atoms with E-state index in [1.807, 2.05) is 12.1 Å². The van der Waals surface area contributed by atoms with Crippen molar-refractivity contribution < 1.29 is 9.53 Å². The maximum atomic E-state index is 12.3. The van der Waals surface area contributed by atoms with E-state index in [9.17, 15) is 9.70 Å². The molecule has 0 fully saturated rings. The lowest BCUT2D eigenvalue weighted by molar-refractivity contribution is -0.122. The molecule has 9 heteroatoms. The van der Waals surface area contributed by atoms with Crippen molar-refractivity contribution in [3.8, 4) is 5.75 Å². The fourth-order valence-corrected chi connectivity index (χ4v) is 4.27. The summed E-state index contributed by atoms with van der Waals surface area (Å²) in [7, 11) is 4.12. The smallest absolute Gasteiger partial charge is 0.248 e. The SMILES string of the molecule is CN(C)CCCCCCNC(=O)C(Cc1cc(Br)c(OCCCN)c(Br)c1)N=O. The van der Waals surface area contributed by atoms with E-state index in [2.05, 4.69) is 61.3 Å². The van der Waals surface area contributed by atoms with Crippen molar-refractivity contribution in [2.45, 2.75) is 44.6 Å². The Balaban J connectivity index is 2.49. The summed E-state index contributed by atoms with van der Waals surface area (Å²) in [5.74, 6) is 0.348. The van der Waals surface area contributed by atoms with Crippen LogP contribution in [0.3, 0.4) is 0 Å². The second-order valence-corrected chi connectivity index (χ2v) is 8.92. The van der Waals surface area contributed by atoms with E-state index in [1.165, 1.54) is 0 Å². The minimum atomic E-state index is -0.952. The summed E-state index contributed by atoms with van der Waals surface area (Å²) in [6.45, 7) is 2.72. The van der Waals surface area contributed by atoms with Crippen molar-refractivity contribution in [3.05, 3.63) is 31.5 Å². The number of halogens is 2. The summed E-state index contributed by atoms with van der Waals surface area (Å²) in [6, 6.07) is 2.74. The molecule has 1 unspecified atom stereocenters. The molecule has 0 saturated carbocycles. The van der Waals surface area contributed by atoms with Crippen LogP contribution < -0.4 is 15.8 Å². The van der Waals surface area contributed by atoms with Crippen molar-refractivity contribution >= 4 is 37.8 Å². The number of unbranched alkanes of at least 4 members (excludes halogenated alkanes) is 3. The van der Waals surface area contributed by atoms with Crippen LogP contribution in [0.2, 0.25) is 0 Å². The normalized spacial score (nSPS) is 12.1. The molecule has 1 rings (SSSR count). The number of nitrogens with two attached hydrogens (primary N) is 1. The van der Waals surface area contributed by atoms with Crippen LogP contribution >= 0.6 is 31.9 Å². The van der Waals surface area contributed by atoms with Gasteiger partial charge >= 0.3 is 0 Å². The first-order valence-electron chi connectivity index (χ1n) is 9.94. The van der Waals surface area contributed by atoms with Gasteiger partial charge in [0.1, 0.15) is 5.75 Å². The van der Waals surface area contributed by atoms with Crippen molar-refractivity contribution in [1.82, 2.24) is 10.2 Å². The first-order chi connectivity index (χ1) is 13.9. The van der Waals surface area contributed by atoms with Crippen LogP contribution in [0, 0.1) is 4.91 Å². The highest BCUT2D eigenvalue weighted by molar-refractivity contribution is 9.11. The van der Waals surface area contributed by atoms with Gasteiger partial charge < -0.3 is 20.7 Å². The molecule has 7 nitrogen and oxygen atoms in total. The van der Waals surface area contributed by atoms with Crippen LogP contribution in [0.4, 0.5) is 0 Å². The maximum absolute atomic E-state index is 12.3. The van der Waals surface area contributed by atoms with E-state index in [4.69, 9.17) is 10.5 Å². The average Bonchev–Trinajstić information content (AvgIpc) is 2.67.